The summed E-state index contributed by atoms with van der Waals surface area (Å²) in [5.74, 6) is 1.12. The number of hydrogen-bond acceptors (Lipinski definition) is 5. The van der Waals surface area contributed by atoms with Crippen LogP contribution in [0.2, 0.25) is 0 Å². The number of fused-ring (bicyclic) bond motifs is 1. The van der Waals surface area contributed by atoms with E-state index in [1.807, 2.05) is 24.1 Å². The lowest BCUT2D eigenvalue weighted by Crippen LogP contribution is -2.49. The molecule has 0 saturated carbocycles. The number of aromatic nitrogens is 3. The lowest BCUT2D eigenvalue weighted by molar-refractivity contribution is 0.0735. The fraction of sp³-hybridized carbons (Fsp3) is 0.421. The molecule has 4 rings (SSSR count). The second-order valence-corrected chi connectivity index (χ2v) is 7.48. The Morgan fingerprint density at radius 3 is 2.73 bits per heavy atom. The molecule has 3 heterocycles. The first-order valence-corrected chi connectivity index (χ1v) is 9.86. The molecular weight excluding hydrogens is 346 g/mol. The third-order valence-corrected chi connectivity index (χ3v) is 5.70. The molecule has 1 aromatic carbocycles. The molecule has 0 aliphatic carbocycles. The van der Waals surface area contributed by atoms with Crippen molar-refractivity contribution in [2.24, 2.45) is 7.05 Å². The van der Waals surface area contributed by atoms with Gasteiger partial charge in [0.1, 0.15) is 11.5 Å². The fourth-order valence-corrected chi connectivity index (χ4v) is 4.28. The average molecular weight is 369 g/mol. The van der Waals surface area contributed by atoms with Crippen LogP contribution in [-0.4, -0.2) is 51.1 Å². The molecule has 7 heteroatoms. The van der Waals surface area contributed by atoms with Crippen molar-refractivity contribution < 1.29 is 4.79 Å². The van der Waals surface area contributed by atoms with Crippen LogP contribution in [0, 0.1) is 0 Å². The van der Waals surface area contributed by atoms with Gasteiger partial charge in [0.2, 0.25) is 0 Å². The second-order valence-electron chi connectivity index (χ2n) is 6.68. The zero-order valence-electron chi connectivity index (χ0n) is 15.2. The van der Waals surface area contributed by atoms with Crippen molar-refractivity contribution in [3.63, 3.8) is 0 Å². The molecule has 0 spiro atoms. The molecule has 1 amide bonds. The third kappa shape index (κ3) is 3.07. The molecule has 1 aliphatic heterocycles. The molecule has 1 aliphatic rings. The van der Waals surface area contributed by atoms with Crippen molar-refractivity contribution in [3.05, 3.63) is 41.7 Å². The minimum Gasteiger partial charge on any atom is -0.352 e. The van der Waals surface area contributed by atoms with E-state index in [-0.39, 0.29) is 5.91 Å². The molecule has 0 radical (unpaired) electrons. The van der Waals surface area contributed by atoms with Gasteiger partial charge in [-0.1, -0.05) is 25.5 Å². The Kier molecular flexibility index (Phi) is 4.63. The summed E-state index contributed by atoms with van der Waals surface area (Å²) in [5, 5.41) is 5.66. The van der Waals surface area contributed by atoms with Crippen LogP contribution in [0.3, 0.4) is 0 Å². The zero-order chi connectivity index (χ0) is 18.1. The molecule has 1 fully saturated rings. The quantitative estimate of drug-likeness (QED) is 0.710. The SMILES string of the molecule is CCCc1cc(C(=O)N2CCN(c3nsc4ccccc34)CC2)n(C)n1. The maximum absolute atomic E-state index is 12.9. The number of benzene rings is 1. The van der Waals surface area contributed by atoms with E-state index in [1.54, 1.807) is 4.68 Å². The van der Waals surface area contributed by atoms with Crippen LogP contribution in [0.15, 0.2) is 30.3 Å². The largest absolute Gasteiger partial charge is 0.352 e. The predicted octanol–water partition coefficient (Wildman–Crippen LogP) is 2.94. The fourth-order valence-electron chi connectivity index (χ4n) is 3.49. The Labute approximate surface area is 157 Å². The maximum atomic E-state index is 12.9. The van der Waals surface area contributed by atoms with E-state index in [2.05, 4.69) is 39.5 Å². The minimum atomic E-state index is 0.0742. The van der Waals surface area contributed by atoms with Gasteiger partial charge in [-0.05, 0) is 36.2 Å². The second kappa shape index (κ2) is 7.07. The van der Waals surface area contributed by atoms with Gasteiger partial charge in [-0.3, -0.25) is 9.48 Å². The van der Waals surface area contributed by atoms with Gasteiger partial charge in [0.15, 0.2) is 0 Å². The van der Waals surface area contributed by atoms with E-state index < -0.39 is 0 Å². The molecule has 136 valence electrons. The highest BCUT2D eigenvalue weighted by Gasteiger charge is 2.26. The van der Waals surface area contributed by atoms with Gasteiger partial charge in [-0.25, -0.2) is 0 Å². The van der Waals surface area contributed by atoms with Crippen molar-refractivity contribution >= 4 is 33.3 Å². The van der Waals surface area contributed by atoms with Gasteiger partial charge in [-0.2, -0.15) is 9.47 Å². The highest BCUT2D eigenvalue weighted by molar-refractivity contribution is 7.13. The minimum absolute atomic E-state index is 0.0742. The van der Waals surface area contributed by atoms with Gasteiger partial charge < -0.3 is 9.80 Å². The Morgan fingerprint density at radius 1 is 1.19 bits per heavy atom. The van der Waals surface area contributed by atoms with Crippen molar-refractivity contribution in [2.45, 2.75) is 19.8 Å². The molecule has 6 nitrogen and oxygen atoms in total. The summed E-state index contributed by atoms with van der Waals surface area (Å²) in [7, 11) is 1.85. The van der Waals surface area contributed by atoms with Crippen LogP contribution in [0.5, 0.6) is 0 Å². The predicted molar refractivity (Wildman–Crippen MR) is 105 cm³/mol. The van der Waals surface area contributed by atoms with Crippen LogP contribution in [0.25, 0.3) is 10.1 Å². The Bertz CT molecular complexity index is 923. The van der Waals surface area contributed by atoms with Crippen LogP contribution >= 0.6 is 11.5 Å². The van der Waals surface area contributed by atoms with E-state index in [9.17, 15) is 4.79 Å². The number of nitrogens with zero attached hydrogens (tertiary/aromatic N) is 5. The Balaban J connectivity index is 1.45. The topological polar surface area (TPSA) is 54.3 Å². The molecular formula is C19H23N5OS. The number of carbonyl (C=O) groups is 1. The van der Waals surface area contributed by atoms with E-state index in [0.29, 0.717) is 18.8 Å². The average Bonchev–Trinajstić information content (AvgIpc) is 3.25. The van der Waals surface area contributed by atoms with Crippen LogP contribution in [0.4, 0.5) is 5.82 Å². The van der Waals surface area contributed by atoms with Crippen LogP contribution in [-0.2, 0) is 13.5 Å². The molecule has 0 N–H and O–H groups in total. The number of hydrogen-bond donors (Lipinski definition) is 0. The standard InChI is InChI=1S/C19H23N5OS/c1-3-6-14-13-16(22(2)20-14)19(25)24-11-9-23(10-12-24)18-15-7-4-5-8-17(15)26-21-18/h4-5,7-8,13H,3,6,9-12H2,1-2H3. The monoisotopic (exact) mass is 369 g/mol. The van der Waals surface area contributed by atoms with Gasteiger partial charge in [-0.15, -0.1) is 0 Å². The summed E-state index contributed by atoms with van der Waals surface area (Å²) in [6, 6.07) is 10.3. The number of rotatable bonds is 4. The van der Waals surface area contributed by atoms with Crippen LogP contribution in [0.1, 0.15) is 29.5 Å². The molecule has 0 atom stereocenters. The molecule has 1 saturated heterocycles. The van der Waals surface area contributed by atoms with Crippen LogP contribution < -0.4 is 4.90 Å². The van der Waals surface area contributed by atoms with Crippen molar-refractivity contribution in [2.75, 3.05) is 31.1 Å². The summed E-state index contributed by atoms with van der Waals surface area (Å²) >= 11 is 1.54. The van der Waals surface area contributed by atoms with Gasteiger partial charge in [0.05, 0.1) is 10.4 Å². The normalized spacial score (nSPS) is 15.0. The highest BCUT2D eigenvalue weighted by Crippen LogP contribution is 2.29. The molecule has 3 aromatic rings. The molecule has 2 aromatic heterocycles. The van der Waals surface area contributed by atoms with E-state index in [1.165, 1.54) is 21.6 Å². The summed E-state index contributed by atoms with van der Waals surface area (Å²) < 4.78 is 7.56. The number of anilines is 1. The first-order valence-electron chi connectivity index (χ1n) is 9.09. The highest BCUT2D eigenvalue weighted by atomic mass is 32.1. The smallest absolute Gasteiger partial charge is 0.272 e. The summed E-state index contributed by atoms with van der Waals surface area (Å²) in [6.45, 7) is 5.15. The molecule has 0 bridgehead atoms. The van der Waals surface area contributed by atoms with E-state index in [4.69, 9.17) is 0 Å². The van der Waals surface area contributed by atoms with Gasteiger partial charge in [0, 0.05) is 38.6 Å². The maximum Gasteiger partial charge on any atom is 0.272 e. The van der Waals surface area contributed by atoms with E-state index >= 15 is 0 Å². The first-order chi connectivity index (χ1) is 12.7. The van der Waals surface area contributed by atoms with Gasteiger partial charge >= 0.3 is 0 Å². The number of amides is 1. The lowest BCUT2D eigenvalue weighted by atomic mass is 10.2. The van der Waals surface area contributed by atoms with Crippen molar-refractivity contribution in [1.29, 1.82) is 0 Å². The lowest BCUT2D eigenvalue weighted by Gasteiger charge is -2.35. The zero-order valence-corrected chi connectivity index (χ0v) is 16.0. The Hall–Kier alpha value is -2.41. The number of carbonyl (C=O) groups excluding carboxylic acids is 1. The van der Waals surface area contributed by atoms with E-state index in [0.717, 1.165) is 37.4 Å². The van der Waals surface area contributed by atoms with Crippen molar-refractivity contribution in [1.82, 2.24) is 19.1 Å². The Morgan fingerprint density at radius 2 is 1.96 bits per heavy atom. The molecule has 26 heavy (non-hydrogen) atoms. The molecule has 0 unspecified atom stereocenters. The first kappa shape index (κ1) is 17.0. The van der Waals surface area contributed by atoms with Gasteiger partial charge in [0.25, 0.3) is 5.91 Å². The summed E-state index contributed by atoms with van der Waals surface area (Å²) in [5.41, 5.74) is 1.67. The number of piperazine rings is 1. The van der Waals surface area contributed by atoms with Crippen molar-refractivity contribution in [3.8, 4) is 0 Å². The number of aryl methyl sites for hydroxylation is 2. The summed E-state index contributed by atoms with van der Waals surface area (Å²) in [6.07, 6.45) is 1.94. The third-order valence-electron chi connectivity index (χ3n) is 4.88. The summed E-state index contributed by atoms with van der Waals surface area (Å²) in [4.78, 5) is 17.1.